The van der Waals surface area contributed by atoms with E-state index in [0.717, 1.165) is 0 Å². The normalized spacial score (nSPS) is 10.2. The minimum Gasteiger partial charge on any atom is -0.468 e. The number of carbonyl (C=O) groups is 3. The van der Waals surface area contributed by atoms with Crippen LogP contribution in [-0.4, -0.2) is 31.4 Å². The second kappa shape index (κ2) is 8.39. The van der Waals surface area contributed by atoms with Crippen LogP contribution in [0.5, 0.6) is 0 Å². The quantitative estimate of drug-likeness (QED) is 0.615. The molecule has 2 rings (SSSR count). The minimum absolute atomic E-state index is 0.231. The van der Waals surface area contributed by atoms with Gasteiger partial charge in [0.05, 0.1) is 17.7 Å². The molecule has 6 nitrogen and oxygen atoms in total. The lowest BCUT2D eigenvalue weighted by molar-refractivity contribution is -0.139. The lowest BCUT2D eigenvalue weighted by Gasteiger charge is -2.08. The molecular weight excluding hydrogens is 370 g/mol. The Bertz CT molecular complexity index is 857. The molecule has 0 aliphatic heterocycles. The van der Waals surface area contributed by atoms with Gasteiger partial charge in [-0.3, -0.25) is 14.4 Å². The second-order valence-electron chi connectivity index (χ2n) is 5.04. The molecule has 0 atom stereocenters. The molecule has 0 spiro atoms. The number of rotatable bonds is 5. The summed E-state index contributed by atoms with van der Waals surface area (Å²) >= 11 is 5.74. The molecular formula is C17H13ClF2N2O4. The number of nitrogens with one attached hydrogen (secondary N) is 2. The number of hydrogen-bond donors (Lipinski definition) is 2. The van der Waals surface area contributed by atoms with Gasteiger partial charge in [0.15, 0.2) is 11.6 Å². The van der Waals surface area contributed by atoms with E-state index in [0.29, 0.717) is 17.8 Å². The highest BCUT2D eigenvalue weighted by molar-refractivity contribution is 6.34. The van der Waals surface area contributed by atoms with Crippen molar-refractivity contribution in [3.63, 3.8) is 0 Å². The van der Waals surface area contributed by atoms with Gasteiger partial charge in [0.25, 0.3) is 11.8 Å². The summed E-state index contributed by atoms with van der Waals surface area (Å²) < 4.78 is 30.7. The van der Waals surface area contributed by atoms with Gasteiger partial charge in [-0.2, -0.15) is 0 Å². The first kappa shape index (κ1) is 19.3. The van der Waals surface area contributed by atoms with Crippen LogP contribution in [0.25, 0.3) is 0 Å². The molecule has 9 heteroatoms. The van der Waals surface area contributed by atoms with E-state index in [9.17, 15) is 23.2 Å². The number of amides is 2. The van der Waals surface area contributed by atoms with Gasteiger partial charge in [-0.25, -0.2) is 8.78 Å². The van der Waals surface area contributed by atoms with Crippen LogP contribution in [0.2, 0.25) is 5.02 Å². The molecule has 0 fully saturated rings. The number of halogens is 3. The van der Waals surface area contributed by atoms with Crippen molar-refractivity contribution < 1.29 is 27.9 Å². The third-order valence-corrected chi connectivity index (χ3v) is 3.59. The molecule has 2 N–H and O–H groups in total. The Morgan fingerprint density at radius 2 is 1.65 bits per heavy atom. The first-order valence-corrected chi connectivity index (χ1v) is 7.60. The molecule has 0 saturated carbocycles. The highest BCUT2D eigenvalue weighted by atomic mass is 35.5. The molecule has 2 aromatic carbocycles. The summed E-state index contributed by atoms with van der Waals surface area (Å²) in [6.45, 7) is -0.275. The fourth-order valence-corrected chi connectivity index (χ4v) is 2.16. The molecule has 0 saturated heterocycles. The van der Waals surface area contributed by atoms with Gasteiger partial charge in [-0.15, -0.1) is 0 Å². The zero-order valence-electron chi connectivity index (χ0n) is 13.4. The van der Waals surface area contributed by atoms with Crippen molar-refractivity contribution in [2.45, 2.75) is 0 Å². The van der Waals surface area contributed by atoms with Crippen LogP contribution in [-0.2, 0) is 9.53 Å². The number of carbonyl (C=O) groups excluding carboxylic acids is 3. The molecule has 2 amide bonds. The number of esters is 1. The summed E-state index contributed by atoms with van der Waals surface area (Å²) in [4.78, 5) is 34.9. The summed E-state index contributed by atoms with van der Waals surface area (Å²) in [6.07, 6.45) is 0. The largest absolute Gasteiger partial charge is 0.468 e. The van der Waals surface area contributed by atoms with E-state index in [2.05, 4.69) is 15.4 Å². The van der Waals surface area contributed by atoms with Gasteiger partial charge in [-0.1, -0.05) is 11.6 Å². The summed E-state index contributed by atoms with van der Waals surface area (Å²) in [5.74, 6) is -4.19. The fourth-order valence-electron chi connectivity index (χ4n) is 1.93. The summed E-state index contributed by atoms with van der Waals surface area (Å²) in [5, 5.41) is 4.58. The Kier molecular flexibility index (Phi) is 6.24. The molecule has 0 heterocycles. The van der Waals surface area contributed by atoms with E-state index in [-0.39, 0.29) is 22.7 Å². The standard InChI is InChI=1S/C17H13ClF2N2O4/c1-26-15(23)8-21-16(24)9-2-4-10(5-3-9)22-17(25)11-6-13(19)14(20)7-12(11)18/h2-7H,8H2,1H3,(H,21,24)(H,22,25). The van der Waals surface area contributed by atoms with Crippen LogP contribution in [0.3, 0.4) is 0 Å². The highest BCUT2D eigenvalue weighted by Gasteiger charge is 2.15. The van der Waals surface area contributed by atoms with E-state index in [4.69, 9.17) is 11.6 Å². The van der Waals surface area contributed by atoms with E-state index in [1.807, 2.05) is 0 Å². The smallest absolute Gasteiger partial charge is 0.325 e. The first-order chi connectivity index (χ1) is 12.3. The molecule has 0 aliphatic carbocycles. The van der Waals surface area contributed by atoms with E-state index >= 15 is 0 Å². The second-order valence-corrected chi connectivity index (χ2v) is 5.44. The van der Waals surface area contributed by atoms with Crippen molar-refractivity contribution >= 4 is 35.1 Å². The monoisotopic (exact) mass is 382 g/mol. The van der Waals surface area contributed by atoms with Crippen LogP contribution in [0, 0.1) is 11.6 Å². The zero-order valence-corrected chi connectivity index (χ0v) is 14.2. The number of hydrogen-bond acceptors (Lipinski definition) is 4. The van der Waals surface area contributed by atoms with Crippen molar-refractivity contribution in [3.8, 4) is 0 Å². The van der Waals surface area contributed by atoms with E-state index < -0.39 is 29.4 Å². The van der Waals surface area contributed by atoms with Gasteiger partial charge >= 0.3 is 5.97 Å². The Labute approximate surface area is 152 Å². The highest BCUT2D eigenvalue weighted by Crippen LogP contribution is 2.21. The maximum Gasteiger partial charge on any atom is 0.325 e. The molecule has 0 unspecified atom stereocenters. The lowest BCUT2D eigenvalue weighted by atomic mass is 10.1. The Hall–Kier alpha value is -3.00. The van der Waals surface area contributed by atoms with Crippen LogP contribution in [0.4, 0.5) is 14.5 Å². The summed E-state index contributed by atoms with van der Waals surface area (Å²) in [6, 6.07) is 7.09. The third kappa shape index (κ3) is 4.76. The maximum absolute atomic E-state index is 13.3. The molecule has 26 heavy (non-hydrogen) atoms. The van der Waals surface area contributed by atoms with Crippen LogP contribution in [0.15, 0.2) is 36.4 Å². The third-order valence-electron chi connectivity index (χ3n) is 3.28. The molecule has 0 bridgehead atoms. The molecule has 0 aromatic heterocycles. The predicted molar refractivity (Wildman–Crippen MR) is 90.1 cm³/mol. The predicted octanol–water partition coefficient (Wildman–Crippen LogP) is 2.77. The maximum atomic E-state index is 13.3. The Morgan fingerprint density at radius 1 is 1.04 bits per heavy atom. The van der Waals surface area contributed by atoms with Gasteiger partial charge in [0, 0.05) is 11.3 Å². The molecule has 0 aliphatic rings. The number of methoxy groups -OCH3 is 1. The Morgan fingerprint density at radius 3 is 2.27 bits per heavy atom. The topological polar surface area (TPSA) is 84.5 Å². The van der Waals surface area contributed by atoms with E-state index in [1.54, 1.807) is 0 Å². The average molecular weight is 383 g/mol. The van der Waals surface area contributed by atoms with Crippen molar-refractivity contribution in [2.24, 2.45) is 0 Å². The van der Waals surface area contributed by atoms with Crippen molar-refractivity contribution in [3.05, 3.63) is 64.2 Å². The number of ether oxygens (including phenoxy) is 1. The minimum atomic E-state index is -1.20. The van der Waals surface area contributed by atoms with Crippen molar-refractivity contribution in [1.82, 2.24) is 5.32 Å². The van der Waals surface area contributed by atoms with E-state index in [1.165, 1.54) is 31.4 Å². The first-order valence-electron chi connectivity index (χ1n) is 7.22. The fraction of sp³-hybridized carbons (Fsp3) is 0.118. The van der Waals surface area contributed by atoms with Gasteiger partial charge in [0.2, 0.25) is 0 Å². The van der Waals surface area contributed by atoms with Gasteiger partial charge in [0.1, 0.15) is 6.54 Å². The number of benzene rings is 2. The summed E-state index contributed by atoms with van der Waals surface area (Å²) in [5.41, 5.74) is 0.323. The van der Waals surface area contributed by atoms with Crippen LogP contribution >= 0.6 is 11.6 Å². The lowest BCUT2D eigenvalue weighted by Crippen LogP contribution is -2.30. The van der Waals surface area contributed by atoms with Crippen molar-refractivity contribution in [2.75, 3.05) is 19.0 Å². The number of anilines is 1. The average Bonchev–Trinajstić information content (AvgIpc) is 2.62. The van der Waals surface area contributed by atoms with Crippen LogP contribution in [0.1, 0.15) is 20.7 Å². The zero-order chi connectivity index (χ0) is 19.3. The van der Waals surface area contributed by atoms with Gasteiger partial charge < -0.3 is 15.4 Å². The summed E-state index contributed by atoms with van der Waals surface area (Å²) in [7, 11) is 1.20. The molecule has 2 aromatic rings. The van der Waals surface area contributed by atoms with Crippen LogP contribution < -0.4 is 10.6 Å². The molecule has 0 radical (unpaired) electrons. The van der Waals surface area contributed by atoms with Crippen molar-refractivity contribution in [1.29, 1.82) is 0 Å². The SMILES string of the molecule is COC(=O)CNC(=O)c1ccc(NC(=O)c2cc(F)c(F)cc2Cl)cc1. The van der Waals surface area contributed by atoms with Gasteiger partial charge in [-0.05, 0) is 36.4 Å². The Balaban J connectivity index is 2.05. The molecule has 136 valence electrons.